The van der Waals surface area contributed by atoms with Gasteiger partial charge in [-0.15, -0.1) is 0 Å². The Morgan fingerprint density at radius 2 is 2.14 bits per heavy atom. The number of amides is 1. The van der Waals surface area contributed by atoms with E-state index >= 15 is 0 Å². The average Bonchev–Trinajstić information content (AvgIpc) is 2.83. The lowest BCUT2D eigenvalue weighted by Gasteiger charge is -2.30. The number of aliphatic hydroxyl groups excluding tert-OH is 1. The normalized spacial score (nSPS) is 21.7. The molecule has 6 heteroatoms. The molecule has 0 aromatic heterocycles. The Balaban J connectivity index is 2.41. The number of rotatable bonds is 7. The fourth-order valence-electron chi connectivity index (χ4n) is 2.72. The molecule has 0 bridgehead atoms. The molecule has 3 unspecified atom stereocenters. The Morgan fingerprint density at radius 3 is 2.73 bits per heavy atom. The maximum atomic E-state index is 12.2. The van der Waals surface area contributed by atoms with E-state index in [0.29, 0.717) is 13.2 Å². The van der Waals surface area contributed by atoms with Crippen LogP contribution < -0.4 is 5.32 Å². The summed E-state index contributed by atoms with van der Waals surface area (Å²) in [4.78, 5) is 14.1. The zero-order chi connectivity index (χ0) is 16.8. The molecule has 0 aliphatic carbocycles. The Kier molecular flexibility index (Phi) is 7.59. The molecule has 1 fully saturated rings. The molecule has 130 valence electrons. The van der Waals surface area contributed by atoms with Gasteiger partial charge in [-0.25, -0.2) is 4.79 Å². The molecule has 2 N–H and O–H groups in total. The monoisotopic (exact) mass is 316 g/mol. The minimum absolute atomic E-state index is 0.205. The number of methoxy groups -OCH3 is 1. The van der Waals surface area contributed by atoms with Crippen molar-refractivity contribution in [3.8, 4) is 0 Å². The minimum atomic E-state index is -0.502. The standard InChI is InChI=1S/C16H32N2O4/c1-12(17-10-14(19)11-21-5)9-13-7-6-8-18(13)15(20)22-16(2,3)4/h12-14,17,19H,6-11H2,1-5H3. The fraction of sp³-hybridized carbons (Fsp3) is 0.938. The SMILES string of the molecule is COCC(O)CNC(C)CC1CCCN1C(=O)OC(C)(C)C. The van der Waals surface area contributed by atoms with Crippen molar-refractivity contribution in [2.45, 2.75) is 70.7 Å². The third-order valence-electron chi connectivity index (χ3n) is 3.69. The molecule has 1 amide bonds. The number of hydrogen-bond donors (Lipinski definition) is 2. The highest BCUT2D eigenvalue weighted by atomic mass is 16.6. The van der Waals surface area contributed by atoms with Crippen LogP contribution in [0.1, 0.15) is 47.0 Å². The van der Waals surface area contributed by atoms with Gasteiger partial charge in [0.25, 0.3) is 0 Å². The first-order valence-corrected chi connectivity index (χ1v) is 8.13. The summed E-state index contributed by atoms with van der Waals surface area (Å²) in [6.45, 7) is 9.32. The van der Waals surface area contributed by atoms with Crippen LogP contribution >= 0.6 is 0 Å². The fourth-order valence-corrected chi connectivity index (χ4v) is 2.72. The Bertz CT molecular complexity index is 344. The van der Waals surface area contributed by atoms with Gasteiger partial charge in [-0.2, -0.15) is 0 Å². The summed E-state index contributed by atoms with van der Waals surface area (Å²) in [6, 6.07) is 0.427. The van der Waals surface area contributed by atoms with E-state index in [0.717, 1.165) is 25.8 Å². The van der Waals surface area contributed by atoms with E-state index in [9.17, 15) is 9.90 Å². The summed E-state index contributed by atoms with van der Waals surface area (Å²) in [5.41, 5.74) is -0.460. The van der Waals surface area contributed by atoms with E-state index in [-0.39, 0.29) is 18.2 Å². The summed E-state index contributed by atoms with van der Waals surface area (Å²) < 4.78 is 10.4. The molecule has 0 aromatic rings. The van der Waals surface area contributed by atoms with Crippen molar-refractivity contribution >= 4 is 6.09 Å². The van der Waals surface area contributed by atoms with Gasteiger partial charge in [0.1, 0.15) is 5.60 Å². The highest BCUT2D eigenvalue weighted by molar-refractivity contribution is 5.68. The first-order chi connectivity index (χ1) is 10.2. The van der Waals surface area contributed by atoms with Gasteiger partial charge in [-0.1, -0.05) is 0 Å². The van der Waals surface area contributed by atoms with Crippen LogP contribution in [0.2, 0.25) is 0 Å². The molecule has 1 aliphatic heterocycles. The molecule has 0 radical (unpaired) electrons. The van der Waals surface area contributed by atoms with Gasteiger partial charge in [0.2, 0.25) is 0 Å². The molecule has 0 aromatic carbocycles. The second kappa shape index (κ2) is 8.70. The van der Waals surface area contributed by atoms with Crippen LogP contribution in [-0.4, -0.2) is 66.7 Å². The van der Waals surface area contributed by atoms with E-state index in [1.165, 1.54) is 0 Å². The number of hydrogen-bond acceptors (Lipinski definition) is 5. The van der Waals surface area contributed by atoms with Crippen LogP contribution in [0.25, 0.3) is 0 Å². The van der Waals surface area contributed by atoms with Crippen LogP contribution in [0, 0.1) is 0 Å². The number of ether oxygens (including phenoxy) is 2. The molecule has 0 spiro atoms. The maximum absolute atomic E-state index is 12.2. The predicted molar refractivity (Wildman–Crippen MR) is 85.9 cm³/mol. The lowest BCUT2D eigenvalue weighted by molar-refractivity contribution is 0.0211. The Labute approximate surface area is 134 Å². The average molecular weight is 316 g/mol. The predicted octanol–water partition coefficient (Wildman–Crippen LogP) is 1.76. The lowest BCUT2D eigenvalue weighted by atomic mass is 10.1. The van der Waals surface area contributed by atoms with E-state index in [4.69, 9.17) is 9.47 Å². The summed E-state index contributed by atoms with van der Waals surface area (Å²) in [6.07, 6.45) is 2.16. The summed E-state index contributed by atoms with van der Waals surface area (Å²) >= 11 is 0. The highest BCUT2D eigenvalue weighted by Gasteiger charge is 2.32. The van der Waals surface area contributed by atoms with Gasteiger partial charge >= 0.3 is 6.09 Å². The number of aliphatic hydroxyl groups is 1. The van der Waals surface area contributed by atoms with Gasteiger partial charge in [0, 0.05) is 32.3 Å². The van der Waals surface area contributed by atoms with E-state index in [1.54, 1.807) is 7.11 Å². The first kappa shape index (κ1) is 19.2. The van der Waals surface area contributed by atoms with E-state index < -0.39 is 11.7 Å². The first-order valence-electron chi connectivity index (χ1n) is 8.13. The number of carbonyl (C=O) groups excluding carboxylic acids is 1. The molecule has 1 aliphatic rings. The van der Waals surface area contributed by atoms with Crippen LogP contribution in [0.15, 0.2) is 0 Å². The van der Waals surface area contributed by atoms with Crippen molar-refractivity contribution < 1.29 is 19.4 Å². The summed E-state index contributed by atoms with van der Waals surface area (Å²) in [5, 5.41) is 12.9. The molecule has 3 atom stereocenters. The van der Waals surface area contributed by atoms with Gasteiger partial charge in [0.15, 0.2) is 0 Å². The van der Waals surface area contributed by atoms with Crippen molar-refractivity contribution in [3.63, 3.8) is 0 Å². The number of carbonyl (C=O) groups is 1. The molecular formula is C16H32N2O4. The van der Waals surface area contributed by atoms with E-state index in [2.05, 4.69) is 12.2 Å². The topological polar surface area (TPSA) is 71.0 Å². The third kappa shape index (κ3) is 6.94. The maximum Gasteiger partial charge on any atom is 0.410 e. The third-order valence-corrected chi connectivity index (χ3v) is 3.69. The van der Waals surface area contributed by atoms with Crippen molar-refractivity contribution in [1.82, 2.24) is 10.2 Å². The second-order valence-electron chi connectivity index (χ2n) is 7.12. The molecule has 6 nitrogen and oxygen atoms in total. The van der Waals surface area contributed by atoms with Crippen LogP contribution in [0.4, 0.5) is 4.79 Å². The van der Waals surface area contributed by atoms with Gasteiger partial charge in [-0.05, 0) is 47.0 Å². The van der Waals surface area contributed by atoms with Crippen molar-refractivity contribution in [1.29, 1.82) is 0 Å². The zero-order valence-corrected chi connectivity index (χ0v) is 14.6. The van der Waals surface area contributed by atoms with Crippen molar-refractivity contribution in [3.05, 3.63) is 0 Å². The van der Waals surface area contributed by atoms with Gasteiger partial charge in [-0.3, -0.25) is 0 Å². The molecule has 1 saturated heterocycles. The zero-order valence-electron chi connectivity index (χ0n) is 14.6. The Morgan fingerprint density at radius 1 is 1.45 bits per heavy atom. The van der Waals surface area contributed by atoms with Gasteiger partial charge in [0.05, 0.1) is 12.7 Å². The largest absolute Gasteiger partial charge is 0.444 e. The van der Waals surface area contributed by atoms with Crippen molar-refractivity contribution in [2.75, 3.05) is 26.8 Å². The number of nitrogens with one attached hydrogen (secondary N) is 1. The number of nitrogens with zero attached hydrogens (tertiary/aromatic N) is 1. The lowest BCUT2D eigenvalue weighted by Crippen LogP contribution is -2.43. The van der Waals surface area contributed by atoms with Crippen LogP contribution in [0.3, 0.4) is 0 Å². The quantitative estimate of drug-likeness (QED) is 0.749. The summed E-state index contributed by atoms with van der Waals surface area (Å²) in [7, 11) is 1.57. The molecule has 1 heterocycles. The molecule has 1 rings (SSSR count). The second-order valence-corrected chi connectivity index (χ2v) is 7.12. The summed E-state index contributed by atoms with van der Waals surface area (Å²) in [5.74, 6) is 0. The minimum Gasteiger partial charge on any atom is -0.444 e. The Hall–Kier alpha value is -0.850. The molecule has 0 saturated carbocycles. The smallest absolute Gasteiger partial charge is 0.410 e. The van der Waals surface area contributed by atoms with E-state index in [1.807, 2.05) is 25.7 Å². The van der Waals surface area contributed by atoms with Crippen molar-refractivity contribution in [2.24, 2.45) is 0 Å². The van der Waals surface area contributed by atoms with Crippen LogP contribution in [0.5, 0.6) is 0 Å². The van der Waals surface area contributed by atoms with Crippen LogP contribution in [-0.2, 0) is 9.47 Å². The van der Waals surface area contributed by atoms with Gasteiger partial charge < -0.3 is 24.8 Å². The molecular weight excluding hydrogens is 284 g/mol. The molecule has 22 heavy (non-hydrogen) atoms. The number of likely N-dealkylation sites (tertiary alicyclic amines) is 1. The highest BCUT2D eigenvalue weighted by Crippen LogP contribution is 2.24.